The number of aliphatic hydroxyl groups excluding tert-OH is 1. The molecule has 0 aliphatic heterocycles. The molecule has 3 nitrogen and oxygen atoms in total. The lowest BCUT2D eigenvalue weighted by molar-refractivity contribution is -0.119. The van der Waals surface area contributed by atoms with Crippen LogP contribution in [0.25, 0.3) is 0 Å². The minimum Gasteiger partial charge on any atom is -0.396 e. The molecule has 3 heteroatoms. The highest BCUT2D eigenvalue weighted by molar-refractivity contribution is 5.73. The van der Waals surface area contributed by atoms with Gasteiger partial charge >= 0.3 is 0 Å². The van der Waals surface area contributed by atoms with Crippen molar-refractivity contribution in [2.75, 3.05) is 6.61 Å². The minimum absolute atomic E-state index is 0.0175. The fraction of sp³-hybridized carbons (Fsp3) is 0.500. The molecule has 17 heavy (non-hydrogen) atoms. The summed E-state index contributed by atoms with van der Waals surface area (Å²) in [5, 5.41) is 12.0. The van der Waals surface area contributed by atoms with E-state index >= 15 is 0 Å². The molecule has 0 fully saturated rings. The monoisotopic (exact) mass is 235 g/mol. The van der Waals surface area contributed by atoms with Crippen molar-refractivity contribution in [1.82, 2.24) is 5.32 Å². The summed E-state index contributed by atoms with van der Waals surface area (Å²) < 4.78 is 0. The standard InChI is InChI=1S/C14H21NO2/c1-11(10-16)8-14(15-12(2)17)9-13-6-4-3-5-7-13/h3-7,11,14,16H,8-10H2,1-2H3,(H,15,17)/t11-,14-/m1/s1. The molecule has 0 aromatic heterocycles. The molecule has 0 heterocycles. The van der Waals surface area contributed by atoms with E-state index < -0.39 is 0 Å². The molecular weight excluding hydrogens is 214 g/mol. The summed E-state index contributed by atoms with van der Waals surface area (Å²) in [4.78, 5) is 11.1. The van der Waals surface area contributed by atoms with Gasteiger partial charge in [-0.3, -0.25) is 4.79 Å². The summed E-state index contributed by atoms with van der Waals surface area (Å²) in [7, 11) is 0. The highest BCUT2D eigenvalue weighted by Gasteiger charge is 2.14. The minimum atomic E-state index is -0.0175. The number of nitrogens with one attached hydrogen (secondary N) is 1. The van der Waals surface area contributed by atoms with Gasteiger partial charge in [0.25, 0.3) is 0 Å². The molecule has 1 aromatic rings. The fourth-order valence-electron chi connectivity index (χ4n) is 1.94. The number of amides is 1. The van der Waals surface area contributed by atoms with Crippen molar-refractivity contribution in [3.05, 3.63) is 35.9 Å². The van der Waals surface area contributed by atoms with Gasteiger partial charge in [-0.25, -0.2) is 0 Å². The third-order valence-corrected chi connectivity index (χ3v) is 2.73. The Morgan fingerprint density at radius 2 is 2.00 bits per heavy atom. The smallest absolute Gasteiger partial charge is 0.217 e. The first-order valence-corrected chi connectivity index (χ1v) is 6.03. The Morgan fingerprint density at radius 3 is 2.53 bits per heavy atom. The van der Waals surface area contributed by atoms with Gasteiger partial charge in [-0.2, -0.15) is 0 Å². The van der Waals surface area contributed by atoms with Crippen molar-refractivity contribution >= 4 is 5.91 Å². The molecular formula is C14H21NO2. The molecule has 94 valence electrons. The quantitative estimate of drug-likeness (QED) is 0.789. The average molecular weight is 235 g/mol. The topological polar surface area (TPSA) is 49.3 Å². The second kappa shape index (κ2) is 7.07. The van der Waals surface area contributed by atoms with Crippen LogP contribution in [-0.4, -0.2) is 23.7 Å². The van der Waals surface area contributed by atoms with E-state index in [1.165, 1.54) is 12.5 Å². The molecule has 1 amide bonds. The van der Waals surface area contributed by atoms with Crippen LogP contribution in [0.15, 0.2) is 30.3 Å². The van der Waals surface area contributed by atoms with E-state index in [2.05, 4.69) is 17.4 Å². The van der Waals surface area contributed by atoms with Crippen molar-refractivity contribution in [3.63, 3.8) is 0 Å². The van der Waals surface area contributed by atoms with Crippen molar-refractivity contribution in [2.24, 2.45) is 5.92 Å². The highest BCUT2D eigenvalue weighted by Crippen LogP contribution is 2.11. The summed E-state index contributed by atoms with van der Waals surface area (Å²) in [5.74, 6) is 0.187. The molecule has 1 aromatic carbocycles. The van der Waals surface area contributed by atoms with Crippen molar-refractivity contribution < 1.29 is 9.90 Å². The number of aliphatic hydroxyl groups is 1. The average Bonchev–Trinajstić information content (AvgIpc) is 2.29. The van der Waals surface area contributed by atoms with Crippen LogP contribution in [0.4, 0.5) is 0 Å². The van der Waals surface area contributed by atoms with Crippen LogP contribution in [0.3, 0.4) is 0 Å². The number of benzene rings is 1. The summed E-state index contributed by atoms with van der Waals surface area (Å²) >= 11 is 0. The fourth-order valence-corrected chi connectivity index (χ4v) is 1.94. The molecule has 2 atom stereocenters. The normalized spacial score (nSPS) is 14.1. The van der Waals surface area contributed by atoms with Crippen LogP contribution in [0.5, 0.6) is 0 Å². The van der Waals surface area contributed by atoms with E-state index in [0.717, 1.165) is 12.8 Å². The molecule has 0 radical (unpaired) electrons. The van der Waals surface area contributed by atoms with Crippen LogP contribution in [0, 0.1) is 5.92 Å². The van der Waals surface area contributed by atoms with Crippen molar-refractivity contribution in [3.8, 4) is 0 Å². The Bertz CT molecular complexity index is 337. The maximum Gasteiger partial charge on any atom is 0.217 e. The van der Waals surface area contributed by atoms with E-state index in [4.69, 9.17) is 5.11 Å². The Morgan fingerprint density at radius 1 is 1.35 bits per heavy atom. The van der Waals surface area contributed by atoms with Crippen LogP contribution < -0.4 is 5.32 Å². The molecule has 0 unspecified atom stereocenters. The second-order valence-electron chi connectivity index (χ2n) is 4.61. The highest BCUT2D eigenvalue weighted by atomic mass is 16.3. The molecule has 0 saturated heterocycles. The second-order valence-corrected chi connectivity index (χ2v) is 4.61. The number of hydrogen-bond donors (Lipinski definition) is 2. The van der Waals surface area contributed by atoms with Crippen LogP contribution >= 0.6 is 0 Å². The van der Waals surface area contributed by atoms with E-state index in [9.17, 15) is 4.79 Å². The van der Waals surface area contributed by atoms with Crippen LogP contribution in [0.1, 0.15) is 25.8 Å². The number of rotatable bonds is 6. The predicted octanol–water partition coefficient (Wildman–Crippen LogP) is 1.75. The van der Waals surface area contributed by atoms with Gasteiger partial charge in [0.2, 0.25) is 5.91 Å². The third kappa shape index (κ3) is 5.50. The molecule has 1 rings (SSSR count). The van der Waals surface area contributed by atoms with Gasteiger partial charge in [-0.15, -0.1) is 0 Å². The first kappa shape index (κ1) is 13.7. The van der Waals surface area contributed by atoms with Crippen LogP contribution in [0.2, 0.25) is 0 Å². The molecule has 0 bridgehead atoms. The molecule has 0 saturated carbocycles. The molecule has 0 spiro atoms. The lowest BCUT2D eigenvalue weighted by Gasteiger charge is -2.20. The van der Waals surface area contributed by atoms with Gasteiger partial charge < -0.3 is 10.4 Å². The lowest BCUT2D eigenvalue weighted by atomic mass is 9.96. The van der Waals surface area contributed by atoms with Gasteiger partial charge in [0, 0.05) is 19.6 Å². The maximum atomic E-state index is 11.1. The van der Waals surface area contributed by atoms with E-state index in [-0.39, 0.29) is 24.5 Å². The van der Waals surface area contributed by atoms with Gasteiger partial charge in [0.1, 0.15) is 0 Å². The lowest BCUT2D eigenvalue weighted by Crippen LogP contribution is -2.36. The zero-order valence-corrected chi connectivity index (χ0v) is 10.5. The van der Waals surface area contributed by atoms with Gasteiger partial charge in [0.15, 0.2) is 0 Å². The first-order chi connectivity index (χ1) is 8.11. The zero-order valence-electron chi connectivity index (χ0n) is 10.5. The zero-order chi connectivity index (χ0) is 12.7. The first-order valence-electron chi connectivity index (χ1n) is 6.03. The molecule has 0 aliphatic rings. The maximum absolute atomic E-state index is 11.1. The van der Waals surface area contributed by atoms with Gasteiger partial charge in [-0.05, 0) is 24.3 Å². The number of carbonyl (C=O) groups is 1. The largest absolute Gasteiger partial charge is 0.396 e. The number of hydrogen-bond acceptors (Lipinski definition) is 2. The van der Waals surface area contributed by atoms with E-state index in [1.54, 1.807) is 0 Å². The number of carbonyl (C=O) groups excluding carboxylic acids is 1. The summed E-state index contributed by atoms with van der Waals surface area (Å²) in [6.45, 7) is 3.67. The van der Waals surface area contributed by atoms with Crippen LogP contribution in [-0.2, 0) is 11.2 Å². The van der Waals surface area contributed by atoms with Gasteiger partial charge in [0.05, 0.1) is 0 Å². The SMILES string of the molecule is CC(=O)N[C@@H](Cc1ccccc1)C[C@@H](C)CO. The summed E-state index contributed by atoms with van der Waals surface area (Å²) in [6.07, 6.45) is 1.61. The Hall–Kier alpha value is -1.35. The molecule has 0 aliphatic carbocycles. The van der Waals surface area contributed by atoms with Gasteiger partial charge in [-0.1, -0.05) is 37.3 Å². The molecule has 2 N–H and O–H groups in total. The van der Waals surface area contributed by atoms with E-state index in [1.807, 2.05) is 25.1 Å². The van der Waals surface area contributed by atoms with E-state index in [0.29, 0.717) is 0 Å². The third-order valence-electron chi connectivity index (χ3n) is 2.73. The Kier molecular flexibility index (Phi) is 5.70. The summed E-state index contributed by atoms with van der Waals surface area (Å²) in [5.41, 5.74) is 1.20. The predicted molar refractivity (Wildman–Crippen MR) is 68.6 cm³/mol. The van der Waals surface area contributed by atoms with Crippen molar-refractivity contribution in [2.45, 2.75) is 32.7 Å². The Labute approximate surface area is 103 Å². The van der Waals surface area contributed by atoms with Crippen molar-refractivity contribution in [1.29, 1.82) is 0 Å². The summed E-state index contributed by atoms with van der Waals surface area (Å²) in [6, 6.07) is 10.2. The Balaban J connectivity index is 2.60.